The Morgan fingerprint density at radius 1 is 1.62 bits per heavy atom. The first-order chi connectivity index (χ1) is 6.09. The second-order valence-electron chi connectivity index (χ2n) is 2.92. The normalized spacial score (nSPS) is 26.2. The summed E-state index contributed by atoms with van der Waals surface area (Å²) in [6.07, 6.45) is 2.11. The fourth-order valence-electron chi connectivity index (χ4n) is 1.27. The largest absolute Gasteiger partial charge is 0.504 e. The number of hydrogen-bond acceptors (Lipinski definition) is 3. The SMILES string of the molecule is CC1C(Br)=C(O)C(=O)/C1=C/CCO. The number of Topliss-reactive ketones (excluding diaryl/α,β-unsaturated/α-hetero) is 1. The van der Waals surface area contributed by atoms with E-state index < -0.39 is 0 Å². The maximum absolute atomic E-state index is 11.3. The van der Waals surface area contributed by atoms with Crippen LogP contribution in [0.1, 0.15) is 13.3 Å². The molecule has 1 rings (SSSR count). The molecular weight excluding hydrogens is 236 g/mol. The van der Waals surface area contributed by atoms with Crippen LogP contribution < -0.4 is 0 Å². The number of aliphatic hydroxyl groups is 2. The molecule has 1 unspecified atom stereocenters. The average Bonchev–Trinajstić information content (AvgIpc) is 2.30. The number of hydrogen-bond donors (Lipinski definition) is 2. The van der Waals surface area contributed by atoms with E-state index in [9.17, 15) is 9.90 Å². The summed E-state index contributed by atoms with van der Waals surface area (Å²) in [7, 11) is 0. The summed E-state index contributed by atoms with van der Waals surface area (Å²) < 4.78 is 0.529. The van der Waals surface area contributed by atoms with Gasteiger partial charge in [0.25, 0.3) is 0 Å². The third-order valence-corrected chi connectivity index (χ3v) is 3.11. The van der Waals surface area contributed by atoms with Crippen LogP contribution in [0.25, 0.3) is 0 Å². The first kappa shape index (κ1) is 10.5. The van der Waals surface area contributed by atoms with Crippen molar-refractivity contribution in [2.45, 2.75) is 13.3 Å². The fraction of sp³-hybridized carbons (Fsp3) is 0.444. The minimum absolute atomic E-state index is 0.0158. The lowest BCUT2D eigenvalue weighted by molar-refractivity contribution is -0.114. The van der Waals surface area contributed by atoms with Gasteiger partial charge >= 0.3 is 0 Å². The molecule has 0 aromatic rings. The van der Waals surface area contributed by atoms with Crippen molar-refractivity contribution in [1.82, 2.24) is 0 Å². The third kappa shape index (κ3) is 1.84. The molecule has 0 spiro atoms. The van der Waals surface area contributed by atoms with Gasteiger partial charge in [-0.15, -0.1) is 0 Å². The molecule has 4 heteroatoms. The van der Waals surface area contributed by atoms with E-state index in [1.165, 1.54) is 0 Å². The second kappa shape index (κ2) is 4.07. The molecule has 0 heterocycles. The summed E-state index contributed by atoms with van der Waals surface area (Å²) in [5.41, 5.74) is 0.554. The van der Waals surface area contributed by atoms with E-state index in [1.54, 1.807) is 6.08 Å². The van der Waals surface area contributed by atoms with Gasteiger partial charge in [0.2, 0.25) is 5.78 Å². The van der Waals surface area contributed by atoms with E-state index in [2.05, 4.69) is 15.9 Å². The highest BCUT2D eigenvalue weighted by molar-refractivity contribution is 9.11. The smallest absolute Gasteiger partial charge is 0.224 e. The molecule has 0 radical (unpaired) electrons. The van der Waals surface area contributed by atoms with Crippen LogP contribution in [0.3, 0.4) is 0 Å². The summed E-state index contributed by atoms with van der Waals surface area (Å²) in [5, 5.41) is 17.9. The van der Waals surface area contributed by atoms with Gasteiger partial charge in [-0.3, -0.25) is 4.79 Å². The molecule has 3 nitrogen and oxygen atoms in total. The van der Waals surface area contributed by atoms with Crippen molar-refractivity contribution >= 4 is 21.7 Å². The monoisotopic (exact) mass is 246 g/mol. The molecule has 0 aromatic carbocycles. The Morgan fingerprint density at radius 3 is 2.62 bits per heavy atom. The third-order valence-electron chi connectivity index (χ3n) is 2.04. The Hall–Kier alpha value is -0.610. The van der Waals surface area contributed by atoms with Gasteiger partial charge in [-0.05, 0) is 6.42 Å². The number of carbonyl (C=O) groups is 1. The summed E-state index contributed by atoms with van der Waals surface area (Å²) in [6, 6.07) is 0. The van der Waals surface area contributed by atoms with Crippen molar-refractivity contribution < 1.29 is 15.0 Å². The van der Waals surface area contributed by atoms with Crippen molar-refractivity contribution in [1.29, 1.82) is 0 Å². The molecule has 0 aliphatic heterocycles. The van der Waals surface area contributed by atoms with Crippen LogP contribution in [0.2, 0.25) is 0 Å². The van der Waals surface area contributed by atoms with E-state index in [0.29, 0.717) is 16.5 Å². The summed E-state index contributed by atoms with van der Waals surface area (Å²) >= 11 is 3.15. The highest BCUT2D eigenvalue weighted by Crippen LogP contribution is 2.36. The zero-order chi connectivity index (χ0) is 10.0. The molecule has 1 atom stereocenters. The Morgan fingerprint density at radius 2 is 2.23 bits per heavy atom. The van der Waals surface area contributed by atoms with Gasteiger partial charge in [0, 0.05) is 22.6 Å². The summed E-state index contributed by atoms with van der Waals surface area (Å²) in [5.74, 6) is -0.649. The number of ketones is 1. The number of rotatable bonds is 2. The van der Waals surface area contributed by atoms with Crippen LogP contribution in [0.15, 0.2) is 21.9 Å². The van der Waals surface area contributed by atoms with Crippen molar-refractivity contribution in [3.8, 4) is 0 Å². The quantitative estimate of drug-likeness (QED) is 0.730. The van der Waals surface area contributed by atoms with Crippen molar-refractivity contribution in [2.75, 3.05) is 6.61 Å². The highest BCUT2D eigenvalue weighted by Gasteiger charge is 2.32. The standard InChI is InChI=1S/C9H11BrO3/c1-5-6(3-2-4-11)8(12)9(13)7(5)10/h3,5,11,13H,2,4H2,1H3/b6-3+. The first-order valence-electron chi connectivity index (χ1n) is 4.03. The van der Waals surface area contributed by atoms with E-state index in [1.807, 2.05) is 6.92 Å². The Kier molecular flexibility index (Phi) is 3.27. The lowest BCUT2D eigenvalue weighted by Crippen LogP contribution is -2.02. The van der Waals surface area contributed by atoms with Gasteiger partial charge in [0.1, 0.15) is 0 Å². The van der Waals surface area contributed by atoms with Gasteiger partial charge in [-0.25, -0.2) is 0 Å². The molecule has 0 saturated carbocycles. The zero-order valence-corrected chi connectivity index (χ0v) is 8.84. The van der Waals surface area contributed by atoms with Crippen molar-refractivity contribution in [2.24, 2.45) is 5.92 Å². The van der Waals surface area contributed by atoms with Crippen LogP contribution >= 0.6 is 15.9 Å². The summed E-state index contributed by atoms with van der Waals surface area (Å²) in [4.78, 5) is 11.3. The zero-order valence-electron chi connectivity index (χ0n) is 7.25. The van der Waals surface area contributed by atoms with E-state index in [4.69, 9.17) is 5.11 Å². The average molecular weight is 247 g/mol. The van der Waals surface area contributed by atoms with Crippen LogP contribution in [-0.2, 0) is 4.79 Å². The molecule has 0 amide bonds. The molecular formula is C9H11BrO3. The van der Waals surface area contributed by atoms with Crippen LogP contribution in [0.4, 0.5) is 0 Å². The van der Waals surface area contributed by atoms with E-state index in [-0.39, 0.29) is 24.1 Å². The Bertz CT molecular complexity index is 291. The number of carbonyl (C=O) groups excluding carboxylic acids is 1. The van der Waals surface area contributed by atoms with Crippen molar-refractivity contribution in [3.05, 3.63) is 21.9 Å². The molecule has 1 aliphatic rings. The number of allylic oxidation sites excluding steroid dienone is 2. The predicted molar refractivity (Wildman–Crippen MR) is 52.5 cm³/mol. The summed E-state index contributed by atoms with van der Waals surface area (Å²) in [6.45, 7) is 1.84. The van der Waals surface area contributed by atoms with E-state index in [0.717, 1.165) is 0 Å². The molecule has 0 aromatic heterocycles. The number of aliphatic hydroxyl groups excluding tert-OH is 2. The van der Waals surface area contributed by atoms with Gasteiger partial charge in [0.15, 0.2) is 5.76 Å². The van der Waals surface area contributed by atoms with Gasteiger partial charge in [-0.2, -0.15) is 0 Å². The maximum Gasteiger partial charge on any atom is 0.224 e. The fourth-order valence-corrected chi connectivity index (χ4v) is 1.70. The van der Waals surface area contributed by atoms with Gasteiger partial charge in [-0.1, -0.05) is 28.9 Å². The molecule has 72 valence electrons. The first-order valence-corrected chi connectivity index (χ1v) is 4.83. The molecule has 2 N–H and O–H groups in total. The molecule has 1 aliphatic carbocycles. The topological polar surface area (TPSA) is 57.5 Å². The van der Waals surface area contributed by atoms with E-state index >= 15 is 0 Å². The molecule has 0 saturated heterocycles. The van der Waals surface area contributed by atoms with Crippen molar-refractivity contribution in [3.63, 3.8) is 0 Å². The molecule has 13 heavy (non-hydrogen) atoms. The van der Waals surface area contributed by atoms with Crippen LogP contribution in [0.5, 0.6) is 0 Å². The Labute approximate surface area is 84.9 Å². The predicted octanol–water partition coefficient (Wildman–Crippen LogP) is 1.68. The van der Waals surface area contributed by atoms with Crippen LogP contribution in [-0.4, -0.2) is 22.6 Å². The maximum atomic E-state index is 11.3. The number of halogens is 1. The molecule has 0 bridgehead atoms. The second-order valence-corrected chi connectivity index (χ2v) is 3.77. The van der Waals surface area contributed by atoms with Gasteiger partial charge < -0.3 is 10.2 Å². The van der Waals surface area contributed by atoms with Gasteiger partial charge in [0.05, 0.1) is 0 Å². The van der Waals surface area contributed by atoms with Crippen LogP contribution in [0, 0.1) is 5.92 Å². The minimum atomic E-state index is -0.340. The highest BCUT2D eigenvalue weighted by atomic mass is 79.9. The lowest BCUT2D eigenvalue weighted by Gasteiger charge is -2.03. The lowest BCUT2D eigenvalue weighted by atomic mass is 10.0. The minimum Gasteiger partial charge on any atom is -0.504 e. The Balaban J connectivity index is 2.90. The molecule has 0 fully saturated rings.